The molecule has 1 amide bonds. The first-order valence-electron chi connectivity index (χ1n) is 13.9. The average molecular weight is 606 g/mol. The van der Waals surface area contributed by atoms with Crippen LogP contribution in [0, 0.1) is 29.2 Å². The Morgan fingerprint density at radius 1 is 0.952 bits per heavy atom. The molecule has 1 fully saturated rings. The molecule has 226 valence electrons. The molecule has 1 saturated heterocycles. The minimum Gasteiger partial charge on any atom is -0.325 e. The van der Waals surface area contributed by atoms with Gasteiger partial charge in [-0.1, -0.05) is 32.0 Å². The highest BCUT2D eigenvalue weighted by Gasteiger charge is 2.36. The van der Waals surface area contributed by atoms with Gasteiger partial charge in [0.25, 0.3) is 0 Å². The second-order valence-corrected chi connectivity index (χ2v) is 12.7. The molecular weight excluding hydrogens is 570 g/mol. The summed E-state index contributed by atoms with van der Waals surface area (Å²) < 4.78 is 83.8. The van der Waals surface area contributed by atoms with Crippen molar-refractivity contribution in [3.8, 4) is 0 Å². The second-order valence-electron chi connectivity index (χ2n) is 10.8. The maximum absolute atomic E-state index is 15.1. The van der Waals surface area contributed by atoms with Gasteiger partial charge >= 0.3 is 0 Å². The van der Waals surface area contributed by atoms with Gasteiger partial charge in [-0.25, -0.2) is 26.0 Å². The van der Waals surface area contributed by atoms with Gasteiger partial charge in [0.2, 0.25) is 15.9 Å². The van der Waals surface area contributed by atoms with E-state index in [1.807, 2.05) is 6.92 Å². The van der Waals surface area contributed by atoms with Gasteiger partial charge in [-0.3, -0.25) is 4.79 Å². The average Bonchev–Trinajstić information content (AvgIpc) is 2.92. The standard InChI is InChI=1S/C31H35F4N3O3S/c1-4-25-17-36-18-26(38(25)42(3,40)41)12-13-27-28(35)6-5-7-29(27)37-31(39)19(2)30(20-8-10-22(32)11-9-20)21-14-23(33)16-24(34)15-21/h5-11,14-16,19,25-26,30,36H,4,12-13,17-18H2,1-3H3,(H,37,39)/t19-,25+,26-,30-/m0/s1. The molecule has 0 spiro atoms. The summed E-state index contributed by atoms with van der Waals surface area (Å²) >= 11 is 0. The van der Waals surface area contributed by atoms with Crippen LogP contribution in [0.15, 0.2) is 60.7 Å². The van der Waals surface area contributed by atoms with Crippen LogP contribution >= 0.6 is 0 Å². The third-order valence-corrected chi connectivity index (χ3v) is 9.19. The van der Waals surface area contributed by atoms with Crippen molar-refractivity contribution >= 4 is 21.6 Å². The fourth-order valence-electron chi connectivity index (χ4n) is 5.82. The summed E-state index contributed by atoms with van der Waals surface area (Å²) in [6.07, 6.45) is 2.27. The van der Waals surface area contributed by atoms with Crippen molar-refractivity contribution < 1.29 is 30.8 Å². The van der Waals surface area contributed by atoms with Crippen LogP contribution in [0.2, 0.25) is 0 Å². The number of benzene rings is 3. The molecule has 0 bridgehead atoms. The molecule has 0 saturated carbocycles. The Balaban J connectivity index is 1.60. The first-order chi connectivity index (χ1) is 19.9. The quantitative estimate of drug-likeness (QED) is 0.295. The highest BCUT2D eigenvalue weighted by Crippen LogP contribution is 2.35. The summed E-state index contributed by atoms with van der Waals surface area (Å²) in [4.78, 5) is 13.6. The summed E-state index contributed by atoms with van der Waals surface area (Å²) in [7, 11) is -3.51. The molecule has 4 atom stereocenters. The first-order valence-corrected chi connectivity index (χ1v) is 15.7. The normalized spacial score (nSPS) is 19.3. The van der Waals surface area contributed by atoms with Crippen molar-refractivity contribution in [2.24, 2.45) is 5.92 Å². The number of anilines is 1. The molecule has 0 aliphatic carbocycles. The number of piperazine rings is 1. The smallest absolute Gasteiger partial charge is 0.228 e. The molecule has 0 aromatic heterocycles. The monoisotopic (exact) mass is 605 g/mol. The maximum atomic E-state index is 15.1. The van der Waals surface area contributed by atoms with Crippen molar-refractivity contribution in [2.45, 2.75) is 51.1 Å². The van der Waals surface area contributed by atoms with Crippen molar-refractivity contribution in [3.05, 3.63) is 101 Å². The molecule has 4 rings (SSSR count). The molecule has 11 heteroatoms. The van der Waals surface area contributed by atoms with Crippen molar-refractivity contribution in [2.75, 3.05) is 24.7 Å². The van der Waals surface area contributed by atoms with Crippen molar-refractivity contribution in [1.82, 2.24) is 9.62 Å². The van der Waals surface area contributed by atoms with Crippen LogP contribution in [-0.4, -0.2) is 50.1 Å². The zero-order valence-corrected chi connectivity index (χ0v) is 24.5. The number of carbonyl (C=O) groups excluding carboxylic acids is 1. The molecule has 0 unspecified atom stereocenters. The van der Waals surface area contributed by atoms with E-state index in [1.54, 1.807) is 13.0 Å². The molecular formula is C31H35F4N3O3S. The van der Waals surface area contributed by atoms with Gasteiger partial charge < -0.3 is 10.6 Å². The topological polar surface area (TPSA) is 78.5 Å². The Labute approximate surface area is 244 Å². The van der Waals surface area contributed by atoms with Crippen LogP contribution in [0.25, 0.3) is 0 Å². The Hall–Kier alpha value is -3.28. The minimum atomic E-state index is -3.51. The van der Waals surface area contributed by atoms with E-state index in [0.29, 0.717) is 31.5 Å². The zero-order valence-electron chi connectivity index (χ0n) is 23.7. The number of carbonyl (C=O) groups is 1. The van der Waals surface area contributed by atoms with Gasteiger partial charge in [0.05, 0.1) is 6.26 Å². The third kappa shape index (κ3) is 7.37. The number of sulfonamides is 1. The predicted octanol–water partition coefficient (Wildman–Crippen LogP) is 5.59. The summed E-state index contributed by atoms with van der Waals surface area (Å²) in [5, 5.41) is 6.03. The molecule has 0 radical (unpaired) electrons. The molecule has 2 N–H and O–H groups in total. The van der Waals surface area contributed by atoms with E-state index in [9.17, 15) is 26.4 Å². The molecule has 42 heavy (non-hydrogen) atoms. The minimum absolute atomic E-state index is 0.155. The predicted molar refractivity (Wildman–Crippen MR) is 155 cm³/mol. The summed E-state index contributed by atoms with van der Waals surface area (Å²) in [5.74, 6) is -4.96. The van der Waals surface area contributed by atoms with E-state index in [0.717, 1.165) is 18.2 Å². The number of nitrogens with one attached hydrogen (secondary N) is 2. The highest BCUT2D eigenvalue weighted by molar-refractivity contribution is 7.88. The zero-order chi connectivity index (χ0) is 30.6. The summed E-state index contributed by atoms with van der Waals surface area (Å²) in [6, 6.07) is 12.0. The first kappa shape index (κ1) is 31.7. The van der Waals surface area contributed by atoms with Crippen LogP contribution in [0.3, 0.4) is 0 Å². The molecule has 1 heterocycles. The molecule has 3 aromatic rings. The van der Waals surface area contributed by atoms with E-state index in [1.165, 1.54) is 47.0 Å². The lowest BCUT2D eigenvalue weighted by molar-refractivity contribution is -0.119. The third-order valence-electron chi connectivity index (χ3n) is 7.82. The summed E-state index contributed by atoms with van der Waals surface area (Å²) in [6.45, 7) is 4.44. The lowest BCUT2D eigenvalue weighted by Crippen LogP contribution is -2.58. The van der Waals surface area contributed by atoms with Crippen LogP contribution in [0.5, 0.6) is 0 Å². The molecule has 1 aliphatic rings. The van der Waals surface area contributed by atoms with E-state index in [-0.39, 0.29) is 29.3 Å². The van der Waals surface area contributed by atoms with E-state index >= 15 is 4.39 Å². The van der Waals surface area contributed by atoms with Gasteiger partial charge in [0.15, 0.2) is 0 Å². The van der Waals surface area contributed by atoms with Crippen molar-refractivity contribution in [3.63, 3.8) is 0 Å². The van der Waals surface area contributed by atoms with Crippen LogP contribution in [0.4, 0.5) is 23.2 Å². The molecule has 6 nitrogen and oxygen atoms in total. The Kier molecular flexibility index (Phi) is 10.1. The van der Waals surface area contributed by atoms with Gasteiger partial charge in [-0.15, -0.1) is 0 Å². The van der Waals surface area contributed by atoms with Crippen LogP contribution in [0.1, 0.15) is 49.3 Å². The van der Waals surface area contributed by atoms with E-state index < -0.39 is 57.1 Å². The number of rotatable bonds is 10. The Bertz CT molecular complexity index is 1500. The van der Waals surface area contributed by atoms with Crippen LogP contribution in [-0.2, 0) is 21.2 Å². The number of nitrogens with zero attached hydrogens (tertiary/aromatic N) is 1. The maximum Gasteiger partial charge on any atom is 0.228 e. The largest absolute Gasteiger partial charge is 0.325 e. The van der Waals surface area contributed by atoms with Crippen molar-refractivity contribution in [1.29, 1.82) is 0 Å². The Morgan fingerprint density at radius 2 is 1.60 bits per heavy atom. The fourth-order valence-corrected chi connectivity index (χ4v) is 7.31. The number of hydrogen-bond acceptors (Lipinski definition) is 4. The Morgan fingerprint density at radius 3 is 2.21 bits per heavy atom. The van der Waals surface area contributed by atoms with E-state index in [4.69, 9.17) is 0 Å². The summed E-state index contributed by atoms with van der Waals surface area (Å²) in [5.41, 5.74) is 1.11. The van der Waals surface area contributed by atoms with Crippen LogP contribution < -0.4 is 10.6 Å². The van der Waals surface area contributed by atoms with Gasteiger partial charge in [0.1, 0.15) is 23.3 Å². The van der Waals surface area contributed by atoms with Gasteiger partial charge in [-0.05, 0) is 66.8 Å². The number of amides is 1. The molecule has 1 aliphatic heterocycles. The van der Waals surface area contributed by atoms with E-state index in [2.05, 4.69) is 10.6 Å². The van der Waals surface area contributed by atoms with Gasteiger partial charge in [0, 0.05) is 54.3 Å². The second kappa shape index (κ2) is 13.4. The van der Waals surface area contributed by atoms with Gasteiger partial charge in [-0.2, -0.15) is 4.31 Å². The number of hydrogen-bond donors (Lipinski definition) is 2. The number of halogens is 4. The lowest BCUT2D eigenvalue weighted by atomic mass is 9.81. The molecule has 3 aromatic carbocycles. The lowest BCUT2D eigenvalue weighted by Gasteiger charge is -2.40. The fraction of sp³-hybridized carbons (Fsp3) is 0.387. The SMILES string of the molecule is CC[C@@H]1CNC[C@H](CCc2c(F)cccc2NC(=O)[C@@H](C)[C@@H](c2ccc(F)cc2)c2cc(F)cc(F)c2)N1S(C)(=O)=O. The highest BCUT2D eigenvalue weighted by atomic mass is 32.2.